The van der Waals surface area contributed by atoms with Crippen LogP contribution in [0.25, 0.3) is 0 Å². The minimum atomic E-state index is -0.478. The standard InChI is InChI=1S/C18H15P.C8H4NO2.Au/c1-4-10-16(11-5-1)19(17-12-6-2-7-13-17)18-14-8-3-9-15-18;1-2-7-3-5-8(6-4-7)9(10)11;/h1-15H;3-6H;/q;-1;+1. The van der Waals surface area contributed by atoms with Crippen LogP contribution in [-0.2, 0) is 22.4 Å². The number of non-ortho nitro benzene ring substituents is 1. The average Bonchev–Trinajstić information content (AvgIpc) is 2.82. The molecule has 4 aromatic rings. The summed E-state index contributed by atoms with van der Waals surface area (Å²) in [6, 6.07) is 38.0. The van der Waals surface area contributed by atoms with Gasteiger partial charge in [-0.3, -0.25) is 16.0 Å². The molecular weight excluding hydrogens is 586 g/mol. The first kappa shape index (κ1) is 24.3. The normalized spacial score (nSPS) is 9.55. The van der Waals surface area contributed by atoms with Gasteiger partial charge in [-0.2, -0.15) is 0 Å². The van der Waals surface area contributed by atoms with E-state index in [0.717, 1.165) is 0 Å². The molecule has 0 fully saturated rings. The minimum absolute atomic E-state index is 0. The van der Waals surface area contributed by atoms with Gasteiger partial charge in [0, 0.05) is 0 Å². The van der Waals surface area contributed by atoms with E-state index < -0.39 is 12.8 Å². The molecule has 3 nitrogen and oxygen atoms in total. The molecule has 0 unspecified atom stereocenters. The number of benzene rings is 4. The Hall–Kier alpha value is -2.99. The Morgan fingerprint density at radius 2 is 1.00 bits per heavy atom. The van der Waals surface area contributed by atoms with Crippen molar-refractivity contribution in [3.8, 4) is 5.92 Å². The van der Waals surface area contributed by atoms with Gasteiger partial charge in [0.1, 0.15) is 0 Å². The molecule has 156 valence electrons. The van der Waals surface area contributed by atoms with E-state index in [1.165, 1.54) is 40.2 Å². The molecule has 0 heterocycles. The van der Waals surface area contributed by atoms with Gasteiger partial charge in [0.25, 0.3) is 5.69 Å². The van der Waals surface area contributed by atoms with Crippen molar-refractivity contribution < 1.29 is 27.3 Å². The van der Waals surface area contributed by atoms with Gasteiger partial charge in [-0.25, -0.2) is 0 Å². The van der Waals surface area contributed by atoms with E-state index in [1.54, 1.807) is 0 Å². The minimum Gasteiger partial charge on any atom is -0.366 e. The van der Waals surface area contributed by atoms with Crippen LogP contribution in [0, 0.1) is 22.5 Å². The summed E-state index contributed by atoms with van der Waals surface area (Å²) in [6.45, 7) is 0. The van der Waals surface area contributed by atoms with Crippen LogP contribution in [0.1, 0.15) is 5.56 Å². The molecule has 0 aliphatic carbocycles. The van der Waals surface area contributed by atoms with Crippen LogP contribution >= 0.6 is 7.92 Å². The Balaban J connectivity index is 0.000000245. The molecular formula is C26H19AuNO2P. The molecule has 0 aliphatic rings. The number of hydrogen-bond donors (Lipinski definition) is 0. The van der Waals surface area contributed by atoms with E-state index in [9.17, 15) is 10.1 Å². The molecule has 0 bridgehead atoms. The first-order valence-electron chi connectivity index (χ1n) is 9.31. The zero-order chi connectivity index (χ0) is 21.2. The van der Waals surface area contributed by atoms with Gasteiger partial charge < -0.3 is 6.42 Å². The molecule has 0 aromatic heterocycles. The molecule has 4 aromatic carbocycles. The van der Waals surface area contributed by atoms with E-state index >= 15 is 0 Å². The average molecular weight is 605 g/mol. The summed E-state index contributed by atoms with van der Waals surface area (Å²) in [7, 11) is -0.446. The molecule has 31 heavy (non-hydrogen) atoms. The first-order chi connectivity index (χ1) is 14.7. The van der Waals surface area contributed by atoms with Crippen LogP contribution in [0.3, 0.4) is 0 Å². The molecule has 0 saturated heterocycles. The molecule has 0 spiro atoms. The number of rotatable bonds is 4. The van der Waals surface area contributed by atoms with Crippen molar-refractivity contribution in [1.29, 1.82) is 0 Å². The second-order valence-corrected chi connectivity index (χ2v) is 8.49. The van der Waals surface area contributed by atoms with Crippen molar-refractivity contribution in [2.24, 2.45) is 0 Å². The number of hydrogen-bond acceptors (Lipinski definition) is 2. The van der Waals surface area contributed by atoms with Crippen molar-refractivity contribution in [1.82, 2.24) is 0 Å². The summed E-state index contributed by atoms with van der Waals surface area (Å²) in [6.07, 6.45) is 6.70. The Morgan fingerprint density at radius 3 is 1.29 bits per heavy atom. The van der Waals surface area contributed by atoms with Crippen molar-refractivity contribution >= 4 is 29.5 Å². The maximum absolute atomic E-state index is 10.1. The van der Waals surface area contributed by atoms with Crippen LogP contribution in [0.15, 0.2) is 115 Å². The second-order valence-electron chi connectivity index (χ2n) is 6.27. The molecule has 4 rings (SSSR count). The molecule has 0 radical (unpaired) electrons. The van der Waals surface area contributed by atoms with Crippen LogP contribution in [0.2, 0.25) is 0 Å². The summed E-state index contributed by atoms with van der Waals surface area (Å²) in [5.74, 6) is 2.12. The van der Waals surface area contributed by atoms with Crippen molar-refractivity contribution in [3.05, 3.63) is 137 Å². The number of nitro groups is 1. The third-order valence-corrected chi connectivity index (χ3v) is 6.71. The van der Waals surface area contributed by atoms with Gasteiger partial charge in [-0.05, 0) is 36.0 Å². The second kappa shape index (κ2) is 12.6. The quantitative estimate of drug-likeness (QED) is 0.0824. The molecule has 0 atom stereocenters. The zero-order valence-electron chi connectivity index (χ0n) is 16.5. The summed E-state index contributed by atoms with van der Waals surface area (Å²) < 4.78 is 0. The Bertz CT molecular complexity index is 1020. The predicted molar refractivity (Wildman–Crippen MR) is 124 cm³/mol. The summed E-state index contributed by atoms with van der Waals surface area (Å²) in [5.41, 5.74) is 0.569. The topological polar surface area (TPSA) is 43.1 Å². The summed E-state index contributed by atoms with van der Waals surface area (Å²) >= 11 is 0. The van der Waals surface area contributed by atoms with Gasteiger partial charge in [-0.1, -0.05) is 91.0 Å². The zero-order valence-corrected chi connectivity index (χ0v) is 19.5. The van der Waals surface area contributed by atoms with E-state index in [4.69, 9.17) is 6.42 Å². The van der Waals surface area contributed by atoms with Crippen molar-refractivity contribution in [2.45, 2.75) is 0 Å². The molecule has 0 amide bonds. The fourth-order valence-corrected chi connectivity index (χ4v) is 5.15. The smallest absolute Gasteiger partial charge is 0.366 e. The van der Waals surface area contributed by atoms with E-state index in [1.807, 2.05) is 0 Å². The third-order valence-electron chi connectivity index (χ3n) is 4.27. The van der Waals surface area contributed by atoms with Crippen molar-refractivity contribution in [3.63, 3.8) is 0 Å². The molecule has 5 heteroatoms. The maximum atomic E-state index is 10.1. The molecule has 0 saturated carbocycles. The fraction of sp³-hybridized carbons (Fsp3) is 0. The maximum Gasteiger partial charge on any atom is 1.00 e. The Labute approximate surface area is 199 Å². The van der Waals surface area contributed by atoms with Gasteiger partial charge in [-0.15, -0.1) is 17.7 Å². The largest absolute Gasteiger partial charge is 1.00 e. The van der Waals surface area contributed by atoms with Crippen LogP contribution in [0.4, 0.5) is 5.69 Å². The van der Waals surface area contributed by atoms with Gasteiger partial charge in [0.2, 0.25) is 0 Å². The molecule has 0 aliphatic heterocycles. The number of nitro benzene ring substituents is 1. The Kier molecular flexibility index (Phi) is 9.91. The molecule has 0 N–H and O–H groups in total. The Morgan fingerprint density at radius 1 is 0.645 bits per heavy atom. The van der Waals surface area contributed by atoms with Crippen LogP contribution in [0.5, 0.6) is 0 Å². The van der Waals surface area contributed by atoms with Gasteiger partial charge in [0.05, 0.1) is 4.92 Å². The van der Waals surface area contributed by atoms with E-state index in [-0.39, 0.29) is 28.1 Å². The first-order valence-corrected chi connectivity index (χ1v) is 10.7. The van der Waals surface area contributed by atoms with Gasteiger partial charge in [0.15, 0.2) is 0 Å². The fourth-order valence-electron chi connectivity index (χ4n) is 2.84. The summed E-state index contributed by atoms with van der Waals surface area (Å²) in [5, 5.41) is 14.3. The predicted octanol–water partition coefficient (Wildman–Crippen LogP) is 4.97. The van der Waals surface area contributed by atoms with Gasteiger partial charge >= 0.3 is 22.4 Å². The SMILES string of the molecule is [Au+].[C-]#Cc1ccc([N+](=O)[O-])cc1.c1ccc(P(c2ccccc2)c2ccccc2)cc1. The summed E-state index contributed by atoms with van der Waals surface area (Å²) in [4.78, 5) is 9.66. The van der Waals surface area contributed by atoms with Crippen LogP contribution in [-0.4, -0.2) is 4.92 Å². The monoisotopic (exact) mass is 605 g/mol. The van der Waals surface area contributed by atoms with E-state index in [0.29, 0.717) is 5.56 Å². The third kappa shape index (κ3) is 7.03. The van der Waals surface area contributed by atoms with Crippen LogP contribution < -0.4 is 15.9 Å². The van der Waals surface area contributed by atoms with E-state index in [2.05, 4.69) is 96.9 Å². The number of nitrogens with zero attached hydrogens (tertiary/aromatic N) is 1. The van der Waals surface area contributed by atoms with Crippen molar-refractivity contribution in [2.75, 3.05) is 0 Å².